The highest BCUT2D eigenvalue weighted by Gasteiger charge is 2.30. The first-order valence-corrected chi connectivity index (χ1v) is 9.85. The topological polar surface area (TPSA) is 78.7 Å². The summed E-state index contributed by atoms with van der Waals surface area (Å²) in [5.41, 5.74) is 8.03. The number of piperazine rings is 1. The largest absolute Gasteiger partial charge is 0.366 e. The zero-order chi connectivity index (χ0) is 19.5. The summed E-state index contributed by atoms with van der Waals surface area (Å²) in [7, 11) is 0. The molecule has 2 aromatic rings. The zero-order valence-electron chi connectivity index (χ0n) is 15.9. The molecular formula is C22H26N4O2. The van der Waals surface area contributed by atoms with Gasteiger partial charge in [-0.2, -0.15) is 0 Å². The van der Waals surface area contributed by atoms with Gasteiger partial charge in [-0.05, 0) is 55.3 Å². The van der Waals surface area contributed by atoms with Gasteiger partial charge in [0, 0.05) is 49.0 Å². The second kappa shape index (κ2) is 8.12. The number of anilines is 1. The van der Waals surface area contributed by atoms with Crippen molar-refractivity contribution in [2.45, 2.75) is 25.4 Å². The van der Waals surface area contributed by atoms with Crippen LogP contribution in [0.15, 0.2) is 48.5 Å². The van der Waals surface area contributed by atoms with Crippen LogP contribution >= 0.6 is 0 Å². The van der Waals surface area contributed by atoms with Gasteiger partial charge in [0.05, 0.1) is 0 Å². The first-order chi connectivity index (χ1) is 13.6. The number of carbonyl (C=O) groups excluding carboxylic acids is 2. The number of fused-ring (bicyclic) bond motifs is 1. The molecule has 2 aliphatic rings. The Bertz CT molecular complexity index is 865. The fourth-order valence-corrected chi connectivity index (χ4v) is 4.17. The molecule has 3 N–H and O–H groups in total. The van der Waals surface area contributed by atoms with Crippen molar-refractivity contribution in [1.82, 2.24) is 9.80 Å². The highest BCUT2D eigenvalue weighted by Crippen LogP contribution is 2.22. The molecule has 0 unspecified atom stereocenters. The summed E-state index contributed by atoms with van der Waals surface area (Å²) in [6.07, 6.45) is 2.64. The predicted octanol–water partition coefficient (Wildman–Crippen LogP) is 2.32. The molecule has 6 heteroatoms. The second-order valence-electron chi connectivity index (χ2n) is 7.66. The van der Waals surface area contributed by atoms with E-state index in [-0.39, 0.29) is 5.91 Å². The van der Waals surface area contributed by atoms with Gasteiger partial charge in [0.25, 0.3) is 5.91 Å². The smallest absolute Gasteiger partial charge is 0.255 e. The number of nitrogens with two attached hydrogens (primary N) is 1. The third-order valence-electron chi connectivity index (χ3n) is 5.70. The lowest BCUT2D eigenvalue weighted by atomic mass is 10.1. The molecule has 0 aliphatic carbocycles. The summed E-state index contributed by atoms with van der Waals surface area (Å²) >= 11 is 0. The molecule has 28 heavy (non-hydrogen) atoms. The Kier molecular flexibility index (Phi) is 5.41. The standard InChI is InChI=1S/C22H26N4O2/c23-21(27)18-3-1-4-19(13-18)24-22(28)17-8-6-16(7-9-17)14-25-11-12-26-10-2-5-20(26)15-25/h1,3-4,6-9,13,20H,2,5,10-12,14-15H2,(H2,23,27)(H,24,28)/t20-/m0/s1. The molecule has 6 nitrogen and oxygen atoms in total. The first kappa shape index (κ1) is 18.7. The highest BCUT2D eigenvalue weighted by molar-refractivity contribution is 6.05. The summed E-state index contributed by atoms with van der Waals surface area (Å²) in [6, 6.07) is 15.1. The number of primary amides is 1. The summed E-state index contributed by atoms with van der Waals surface area (Å²) in [5.74, 6) is -0.716. The van der Waals surface area contributed by atoms with E-state index in [1.54, 1.807) is 24.3 Å². The van der Waals surface area contributed by atoms with Gasteiger partial charge in [0.2, 0.25) is 5.91 Å². The Balaban J connectivity index is 1.35. The van der Waals surface area contributed by atoms with E-state index >= 15 is 0 Å². The lowest BCUT2D eigenvalue weighted by Crippen LogP contribution is -2.49. The van der Waals surface area contributed by atoms with E-state index in [2.05, 4.69) is 15.1 Å². The number of nitrogens with zero attached hydrogens (tertiary/aromatic N) is 2. The van der Waals surface area contributed by atoms with E-state index in [0.717, 1.165) is 32.2 Å². The van der Waals surface area contributed by atoms with Gasteiger partial charge in [-0.15, -0.1) is 0 Å². The van der Waals surface area contributed by atoms with Crippen LogP contribution in [0, 0.1) is 0 Å². The molecule has 4 rings (SSSR count). The number of rotatable bonds is 5. The van der Waals surface area contributed by atoms with E-state index in [1.807, 2.05) is 24.3 Å². The third-order valence-corrected chi connectivity index (χ3v) is 5.70. The van der Waals surface area contributed by atoms with E-state index in [0.29, 0.717) is 16.8 Å². The number of carbonyl (C=O) groups is 2. The summed E-state index contributed by atoms with van der Waals surface area (Å²) < 4.78 is 0. The van der Waals surface area contributed by atoms with Gasteiger partial charge in [0.1, 0.15) is 0 Å². The maximum Gasteiger partial charge on any atom is 0.255 e. The Labute approximate surface area is 165 Å². The fourth-order valence-electron chi connectivity index (χ4n) is 4.17. The molecule has 2 saturated heterocycles. The van der Waals surface area contributed by atoms with Gasteiger partial charge in [-0.3, -0.25) is 19.4 Å². The van der Waals surface area contributed by atoms with Gasteiger partial charge in [-0.25, -0.2) is 0 Å². The number of nitrogens with one attached hydrogen (secondary N) is 1. The molecule has 0 bridgehead atoms. The molecule has 0 saturated carbocycles. The van der Waals surface area contributed by atoms with Crippen LogP contribution in [-0.4, -0.2) is 53.8 Å². The molecule has 2 aliphatic heterocycles. The van der Waals surface area contributed by atoms with Crippen molar-refractivity contribution in [2.75, 3.05) is 31.5 Å². The maximum atomic E-state index is 12.5. The molecule has 146 valence electrons. The Morgan fingerprint density at radius 1 is 1.04 bits per heavy atom. The monoisotopic (exact) mass is 378 g/mol. The van der Waals surface area contributed by atoms with Crippen LogP contribution < -0.4 is 11.1 Å². The van der Waals surface area contributed by atoms with Crippen LogP contribution in [0.4, 0.5) is 5.69 Å². The van der Waals surface area contributed by atoms with Crippen molar-refractivity contribution in [1.29, 1.82) is 0 Å². The molecule has 0 spiro atoms. The first-order valence-electron chi connectivity index (χ1n) is 9.85. The predicted molar refractivity (Wildman–Crippen MR) is 109 cm³/mol. The minimum Gasteiger partial charge on any atom is -0.366 e. The van der Waals surface area contributed by atoms with Crippen molar-refractivity contribution in [3.63, 3.8) is 0 Å². The quantitative estimate of drug-likeness (QED) is 0.837. The van der Waals surface area contributed by atoms with Crippen LogP contribution in [0.3, 0.4) is 0 Å². The van der Waals surface area contributed by atoms with E-state index in [4.69, 9.17) is 5.73 Å². The third kappa shape index (κ3) is 4.24. The van der Waals surface area contributed by atoms with Crippen LogP contribution in [-0.2, 0) is 6.54 Å². The van der Waals surface area contributed by atoms with Gasteiger partial charge < -0.3 is 11.1 Å². The Morgan fingerprint density at radius 2 is 1.86 bits per heavy atom. The van der Waals surface area contributed by atoms with Crippen molar-refractivity contribution in [3.8, 4) is 0 Å². The van der Waals surface area contributed by atoms with Crippen LogP contribution in [0.25, 0.3) is 0 Å². The average molecular weight is 378 g/mol. The number of hydrogen-bond donors (Lipinski definition) is 2. The summed E-state index contributed by atoms with van der Waals surface area (Å²) in [4.78, 5) is 28.9. The SMILES string of the molecule is NC(=O)c1cccc(NC(=O)c2ccc(CN3CCN4CCC[C@H]4C3)cc2)c1. The lowest BCUT2D eigenvalue weighted by Gasteiger charge is -2.37. The molecule has 2 heterocycles. The molecular weight excluding hydrogens is 352 g/mol. The maximum absolute atomic E-state index is 12.5. The highest BCUT2D eigenvalue weighted by atomic mass is 16.2. The van der Waals surface area contributed by atoms with E-state index in [1.165, 1.54) is 24.9 Å². The van der Waals surface area contributed by atoms with Crippen LogP contribution in [0.5, 0.6) is 0 Å². The van der Waals surface area contributed by atoms with Crippen molar-refractivity contribution < 1.29 is 9.59 Å². The fraction of sp³-hybridized carbons (Fsp3) is 0.364. The van der Waals surface area contributed by atoms with Crippen molar-refractivity contribution in [2.24, 2.45) is 5.73 Å². The molecule has 2 aromatic carbocycles. The summed E-state index contributed by atoms with van der Waals surface area (Å²) in [6.45, 7) is 5.58. The van der Waals surface area contributed by atoms with Gasteiger partial charge in [-0.1, -0.05) is 18.2 Å². The molecule has 2 fully saturated rings. The Hall–Kier alpha value is -2.70. The van der Waals surface area contributed by atoms with Crippen molar-refractivity contribution in [3.05, 3.63) is 65.2 Å². The van der Waals surface area contributed by atoms with Gasteiger partial charge >= 0.3 is 0 Å². The second-order valence-corrected chi connectivity index (χ2v) is 7.66. The number of amides is 2. The molecule has 0 aromatic heterocycles. The van der Waals surface area contributed by atoms with Crippen LogP contribution in [0.1, 0.15) is 39.1 Å². The van der Waals surface area contributed by atoms with E-state index in [9.17, 15) is 9.59 Å². The number of hydrogen-bond acceptors (Lipinski definition) is 4. The Morgan fingerprint density at radius 3 is 2.64 bits per heavy atom. The lowest BCUT2D eigenvalue weighted by molar-refractivity contribution is 0.0992. The van der Waals surface area contributed by atoms with Crippen LogP contribution in [0.2, 0.25) is 0 Å². The average Bonchev–Trinajstić information content (AvgIpc) is 3.16. The number of benzene rings is 2. The molecule has 1 atom stereocenters. The summed E-state index contributed by atoms with van der Waals surface area (Å²) in [5, 5.41) is 2.82. The minimum absolute atomic E-state index is 0.201. The normalized spacial score (nSPS) is 19.9. The minimum atomic E-state index is -0.515. The molecule has 0 radical (unpaired) electrons. The van der Waals surface area contributed by atoms with Crippen molar-refractivity contribution >= 4 is 17.5 Å². The van der Waals surface area contributed by atoms with Gasteiger partial charge in [0.15, 0.2) is 0 Å². The van der Waals surface area contributed by atoms with E-state index < -0.39 is 5.91 Å². The molecule has 2 amide bonds. The zero-order valence-corrected chi connectivity index (χ0v) is 15.9.